The van der Waals surface area contributed by atoms with Crippen LogP contribution < -0.4 is 15.6 Å². The molecule has 1 aromatic heterocycles. The predicted octanol–water partition coefficient (Wildman–Crippen LogP) is 3.26. The number of nitro benzene ring substituents is 1. The van der Waals surface area contributed by atoms with E-state index in [9.17, 15) is 19.7 Å². The Morgan fingerprint density at radius 1 is 1.32 bits per heavy atom. The summed E-state index contributed by atoms with van der Waals surface area (Å²) >= 11 is 12.0. The van der Waals surface area contributed by atoms with Gasteiger partial charge < -0.3 is 10.1 Å². The molecule has 1 amide bonds. The van der Waals surface area contributed by atoms with Crippen LogP contribution in [0.4, 0.5) is 11.4 Å². The average Bonchev–Trinajstić information content (AvgIpc) is 2.64. The summed E-state index contributed by atoms with van der Waals surface area (Å²) in [6.07, 6.45) is 1.21. The third-order valence-corrected chi connectivity index (χ3v) is 4.34. The van der Waals surface area contributed by atoms with Crippen molar-refractivity contribution >= 4 is 51.4 Å². The van der Waals surface area contributed by atoms with E-state index >= 15 is 0 Å². The van der Waals surface area contributed by atoms with Crippen LogP contribution in [0.25, 0.3) is 10.9 Å². The summed E-state index contributed by atoms with van der Waals surface area (Å²) in [6.45, 7) is -0.341. The number of nitrogens with zero attached hydrogens (tertiary/aromatic N) is 3. The van der Waals surface area contributed by atoms with Crippen LogP contribution >= 0.6 is 23.2 Å². The van der Waals surface area contributed by atoms with E-state index in [0.717, 1.165) is 4.57 Å². The molecular weight excluding hydrogens is 411 g/mol. The first-order chi connectivity index (χ1) is 13.3. The third kappa shape index (κ3) is 3.90. The van der Waals surface area contributed by atoms with E-state index in [1.54, 1.807) is 0 Å². The Hall–Kier alpha value is -3.17. The molecule has 0 aliphatic heterocycles. The summed E-state index contributed by atoms with van der Waals surface area (Å²) in [7, 11) is 1.32. The molecule has 0 saturated heterocycles. The Kier molecular flexibility index (Phi) is 5.48. The van der Waals surface area contributed by atoms with Gasteiger partial charge in [-0.25, -0.2) is 4.98 Å². The molecule has 0 saturated carbocycles. The Balaban J connectivity index is 1.87. The number of ether oxygens (including phenoxy) is 1. The van der Waals surface area contributed by atoms with Gasteiger partial charge >= 0.3 is 0 Å². The second-order valence-electron chi connectivity index (χ2n) is 5.65. The van der Waals surface area contributed by atoms with Crippen LogP contribution in [0.1, 0.15) is 0 Å². The largest absolute Gasteiger partial charge is 0.494 e. The molecule has 144 valence electrons. The number of methoxy groups -OCH3 is 1. The van der Waals surface area contributed by atoms with Crippen LogP contribution in [0, 0.1) is 10.1 Å². The van der Waals surface area contributed by atoms with Gasteiger partial charge in [-0.05, 0) is 18.2 Å². The molecule has 0 unspecified atom stereocenters. The lowest BCUT2D eigenvalue weighted by Crippen LogP contribution is -2.28. The lowest BCUT2D eigenvalue weighted by Gasteiger charge is -2.11. The van der Waals surface area contributed by atoms with E-state index in [1.165, 1.54) is 43.8 Å². The summed E-state index contributed by atoms with van der Waals surface area (Å²) in [4.78, 5) is 39.3. The highest BCUT2D eigenvalue weighted by atomic mass is 35.5. The number of nitro groups is 1. The van der Waals surface area contributed by atoms with Crippen molar-refractivity contribution in [3.63, 3.8) is 0 Å². The van der Waals surface area contributed by atoms with Gasteiger partial charge in [0.2, 0.25) is 5.91 Å². The minimum Gasteiger partial charge on any atom is -0.494 e. The molecule has 2 aromatic carbocycles. The van der Waals surface area contributed by atoms with Crippen molar-refractivity contribution in [3.8, 4) is 5.75 Å². The number of benzene rings is 2. The summed E-state index contributed by atoms with van der Waals surface area (Å²) < 4.78 is 6.17. The van der Waals surface area contributed by atoms with Crippen LogP contribution in [0.5, 0.6) is 5.75 Å². The lowest BCUT2D eigenvalue weighted by molar-refractivity contribution is -0.384. The van der Waals surface area contributed by atoms with Crippen LogP contribution in [-0.4, -0.2) is 27.5 Å². The molecule has 1 N–H and O–H groups in total. The smallest absolute Gasteiger partial charge is 0.273 e. The first-order valence-electron chi connectivity index (χ1n) is 7.76. The predicted molar refractivity (Wildman–Crippen MR) is 104 cm³/mol. The molecule has 1 heterocycles. The van der Waals surface area contributed by atoms with E-state index in [4.69, 9.17) is 27.9 Å². The molecule has 0 atom stereocenters. The molecule has 28 heavy (non-hydrogen) atoms. The van der Waals surface area contributed by atoms with Gasteiger partial charge in [-0.2, -0.15) is 0 Å². The zero-order valence-electron chi connectivity index (χ0n) is 14.3. The maximum atomic E-state index is 12.6. The Morgan fingerprint density at radius 2 is 2.07 bits per heavy atom. The summed E-state index contributed by atoms with van der Waals surface area (Å²) in [5.41, 5.74) is -0.158. The number of aromatic nitrogens is 2. The second kappa shape index (κ2) is 7.83. The fourth-order valence-corrected chi connectivity index (χ4v) is 3.09. The number of rotatable bonds is 5. The van der Waals surface area contributed by atoms with E-state index in [-0.39, 0.29) is 44.6 Å². The van der Waals surface area contributed by atoms with Crippen molar-refractivity contribution in [2.24, 2.45) is 0 Å². The van der Waals surface area contributed by atoms with E-state index in [0.29, 0.717) is 0 Å². The number of nitrogens with one attached hydrogen (secondary N) is 1. The van der Waals surface area contributed by atoms with Crippen molar-refractivity contribution in [2.45, 2.75) is 6.54 Å². The summed E-state index contributed by atoms with van der Waals surface area (Å²) in [5, 5.41) is 14.1. The summed E-state index contributed by atoms with van der Waals surface area (Å²) in [6, 6.07) is 6.65. The standard InChI is InChI=1S/C17H12Cl2N4O5/c1-28-14-6-10(23(26)27)2-3-13(14)21-15(24)7-22-8-20-16-11(17(22)25)4-9(18)5-12(16)19/h2-6,8H,7H2,1H3,(H,21,24). The normalized spacial score (nSPS) is 10.7. The number of halogens is 2. The number of hydrogen-bond acceptors (Lipinski definition) is 6. The fraction of sp³-hybridized carbons (Fsp3) is 0.118. The number of anilines is 1. The molecular formula is C17H12Cl2N4O5. The SMILES string of the molecule is COc1cc([N+](=O)[O-])ccc1NC(=O)Cn1cnc2c(Cl)cc(Cl)cc2c1=O. The van der Waals surface area contributed by atoms with Gasteiger partial charge in [-0.15, -0.1) is 0 Å². The van der Waals surface area contributed by atoms with Crippen molar-refractivity contribution in [1.82, 2.24) is 9.55 Å². The highest BCUT2D eigenvalue weighted by Gasteiger charge is 2.15. The van der Waals surface area contributed by atoms with Crippen molar-refractivity contribution < 1.29 is 14.5 Å². The topological polar surface area (TPSA) is 116 Å². The Bertz CT molecular complexity index is 1160. The zero-order valence-corrected chi connectivity index (χ0v) is 15.8. The molecule has 0 radical (unpaired) electrons. The maximum absolute atomic E-state index is 12.6. The van der Waals surface area contributed by atoms with Gasteiger partial charge in [0.25, 0.3) is 11.2 Å². The molecule has 0 fully saturated rings. The molecule has 3 rings (SSSR count). The van der Waals surface area contributed by atoms with Gasteiger partial charge in [0.15, 0.2) is 0 Å². The van der Waals surface area contributed by atoms with E-state index < -0.39 is 16.4 Å². The molecule has 3 aromatic rings. The van der Waals surface area contributed by atoms with Crippen LogP contribution in [0.3, 0.4) is 0 Å². The number of amides is 1. The molecule has 0 aliphatic rings. The van der Waals surface area contributed by atoms with E-state index in [2.05, 4.69) is 10.3 Å². The molecule has 9 nitrogen and oxygen atoms in total. The van der Waals surface area contributed by atoms with Crippen molar-refractivity contribution in [2.75, 3.05) is 12.4 Å². The van der Waals surface area contributed by atoms with Crippen LogP contribution in [0.15, 0.2) is 41.5 Å². The average molecular weight is 423 g/mol. The third-order valence-electron chi connectivity index (χ3n) is 3.83. The van der Waals surface area contributed by atoms with Gasteiger partial charge in [0.1, 0.15) is 12.3 Å². The summed E-state index contributed by atoms with van der Waals surface area (Å²) in [5.74, 6) is -0.436. The zero-order chi connectivity index (χ0) is 20.4. The monoisotopic (exact) mass is 422 g/mol. The Labute approximate surface area is 167 Å². The number of non-ortho nitro benzene ring substituents is 1. The van der Waals surface area contributed by atoms with Crippen molar-refractivity contribution in [1.29, 1.82) is 0 Å². The van der Waals surface area contributed by atoms with E-state index in [1.807, 2.05) is 0 Å². The molecule has 0 bridgehead atoms. The number of carbonyl (C=O) groups is 1. The first kappa shape index (κ1) is 19.6. The number of carbonyl (C=O) groups excluding carboxylic acids is 1. The number of hydrogen-bond donors (Lipinski definition) is 1. The van der Waals surface area contributed by atoms with Gasteiger partial charge in [-0.1, -0.05) is 23.2 Å². The minimum atomic E-state index is -0.579. The fourth-order valence-electron chi connectivity index (χ4n) is 2.55. The highest BCUT2D eigenvalue weighted by Crippen LogP contribution is 2.29. The minimum absolute atomic E-state index is 0.116. The van der Waals surface area contributed by atoms with Crippen LogP contribution in [-0.2, 0) is 11.3 Å². The van der Waals surface area contributed by atoms with Crippen molar-refractivity contribution in [3.05, 3.63) is 67.2 Å². The van der Waals surface area contributed by atoms with Gasteiger partial charge in [-0.3, -0.25) is 24.3 Å². The second-order valence-corrected chi connectivity index (χ2v) is 6.49. The quantitative estimate of drug-likeness (QED) is 0.498. The van der Waals surface area contributed by atoms with Gasteiger partial charge in [0.05, 0.1) is 46.0 Å². The first-order valence-corrected chi connectivity index (χ1v) is 8.52. The number of fused-ring (bicyclic) bond motifs is 1. The Morgan fingerprint density at radius 3 is 2.75 bits per heavy atom. The van der Waals surface area contributed by atoms with Gasteiger partial charge in [0, 0.05) is 11.1 Å². The lowest BCUT2D eigenvalue weighted by atomic mass is 10.2. The maximum Gasteiger partial charge on any atom is 0.273 e. The highest BCUT2D eigenvalue weighted by molar-refractivity contribution is 6.38. The molecule has 0 spiro atoms. The molecule has 11 heteroatoms. The molecule has 0 aliphatic carbocycles. The van der Waals surface area contributed by atoms with Crippen LogP contribution in [0.2, 0.25) is 10.0 Å².